The zero-order chi connectivity index (χ0) is 35.4. The summed E-state index contributed by atoms with van der Waals surface area (Å²) in [6.45, 7) is 2.20. The van der Waals surface area contributed by atoms with Crippen LogP contribution in [-0.4, -0.2) is 56.7 Å². The molecule has 0 saturated heterocycles. The first-order valence-electron chi connectivity index (χ1n) is 15.0. The van der Waals surface area contributed by atoms with E-state index in [4.69, 9.17) is 4.74 Å². The maximum Gasteiger partial charge on any atom is 0.407 e. The first-order valence-corrected chi connectivity index (χ1v) is 17.5. The lowest BCUT2D eigenvalue weighted by atomic mass is 9.93. The second-order valence-electron chi connectivity index (χ2n) is 10.8. The van der Waals surface area contributed by atoms with Crippen LogP contribution in [0.2, 0.25) is 0 Å². The van der Waals surface area contributed by atoms with Crippen LogP contribution in [-0.2, 0) is 26.0 Å². The monoisotopic (exact) mass is 705 g/mol. The Labute approximate surface area is 288 Å². The summed E-state index contributed by atoms with van der Waals surface area (Å²) in [6.07, 6.45) is -0.283. The lowest BCUT2D eigenvalue weighted by molar-refractivity contribution is -0.384. The molecule has 0 aromatic heterocycles. The fourth-order valence-electron chi connectivity index (χ4n) is 4.77. The van der Waals surface area contributed by atoms with Gasteiger partial charge >= 0.3 is 6.09 Å². The predicted molar refractivity (Wildman–Crippen MR) is 187 cm³/mol. The van der Waals surface area contributed by atoms with Crippen molar-refractivity contribution in [1.82, 2.24) is 10.0 Å². The number of nitro benzene ring substituents is 1. The Morgan fingerprint density at radius 1 is 0.918 bits per heavy atom. The number of nitro groups is 1. The van der Waals surface area contributed by atoms with Gasteiger partial charge in [0.15, 0.2) is 0 Å². The lowest BCUT2D eigenvalue weighted by Crippen LogP contribution is -2.48. The number of alkyl carbamates (subject to hydrolysis) is 1. The van der Waals surface area contributed by atoms with Gasteiger partial charge < -0.3 is 20.7 Å². The van der Waals surface area contributed by atoms with Crippen LogP contribution < -0.4 is 20.7 Å². The van der Waals surface area contributed by atoms with Crippen molar-refractivity contribution in [2.24, 2.45) is 5.92 Å². The minimum Gasteiger partial charge on any atom is -0.453 e. The first-order chi connectivity index (χ1) is 23.5. The number of methoxy groups -OCH3 is 1. The van der Waals surface area contributed by atoms with Crippen LogP contribution in [0.4, 0.5) is 21.9 Å². The minimum atomic E-state index is -4.49. The van der Waals surface area contributed by atoms with Gasteiger partial charge in [-0.05, 0) is 66.4 Å². The summed E-state index contributed by atoms with van der Waals surface area (Å²) in [5.74, 6) is -1.22. The standard InChI is InChI=1S/C34H35N5O8S2/c1-23(21-24-9-5-3-6-10-24)31(37-34(42)47-2)33(41)36-26-15-13-25(14-16-26)32(40)38-49(45,46)28-17-18-29(30(22-28)39(43)44)35-19-20-48-27-11-7-4-8-12-27/h3-18,22-23,31,35H,19-21H2,1-2H3,(H,36,41)(H,37,42)(H,38,40)/t23?,31-/m0/s1. The highest BCUT2D eigenvalue weighted by Gasteiger charge is 2.28. The van der Waals surface area contributed by atoms with Crippen LogP contribution in [0.3, 0.4) is 0 Å². The molecule has 0 fully saturated rings. The minimum absolute atomic E-state index is 0.0491. The van der Waals surface area contributed by atoms with E-state index in [2.05, 4.69) is 16.0 Å². The van der Waals surface area contributed by atoms with E-state index < -0.39 is 49.5 Å². The summed E-state index contributed by atoms with van der Waals surface area (Å²) >= 11 is 1.56. The molecular weight excluding hydrogens is 671 g/mol. The number of sulfonamides is 1. The quantitative estimate of drug-likeness (QED) is 0.0536. The highest BCUT2D eigenvalue weighted by atomic mass is 32.2. The molecule has 4 aromatic carbocycles. The molecule has 0 bridgehead atoms. The van der Waals surface area contributed by atoms with E-state index in [1.807, 2.05) is 72.3 Å². The molecule has 0 radical (unpaired) electrons. The zero-order valence-electron chi connectivity index (χ0n) is 26.6. The summed E-state index contributed by atoms with van der Waals surface area (Å²) in [5.41, 5.74) is 0.889. The number of rotatable bonds is 15. The van der Waals surface area contributed by atoms with Gasteiger partial charge in [0.05, 0.1) is 16.9 Å². The van der Waals surface area contributed by atoms with Gasteiger partial charge in [-0.15, -0.1) is 11.8 Å². The molecule has 0 aliphatic carbocycles. The van der Waals surface area contributed by atoms with Gasteiger partial charge in [0.2, 0.25) is 5.91 Å². The molecule has 0 saturated carbocycles. The normalized spacial score (nSPS) is 12.2. The SMILES string of the molecule is COC(=O)N[C@H](C(=O)Nc1ccc(C(=O)NS(=O)(=O)c2ccc(NCCSc3ccccc3)c([N+](=O)[O-])c2)cc1)C(C)Cc1ccccc1. The molecule has 49 heavy (non-hydrogen) atoms. The van der Waals surface area contributed by atoms with E-state index in [1.165, 1.54) is 43.5 Å². The van der Waals surface area contributed by atoms with Crippen LogP contribution in [0.15, 0.2) is 113 Å². The maximum absolute atomic E-state index is 13.2. The van der Waals surface area contributed by atoms with E-state index in [1.54, 1.807) is 11.8 Å². The second kappa shape index (κ2) is 17.1. The van der Waals surface area contributed by atoms with Crippen LogP contribution in [0, 0.1) is 16.0 Å². The van der Waals surface area contributed by atoms with Crippen molar-refractivity contribution in [2.75, 3.05) is 30.0 Å². The van der Waals surface area contributed by atoms with Gasteiger partial charge in [-0.25, -0.2) is 17.9 Å². The third-order valence-corrected chi connectivity index (χ3v) is 9.60. The molecule has 4 aromatic rings. The fourth-order valence-corrected chi connectivity index (χ4v) is 6.55. The number of anilines is 2. The highest BCUT2D eigenvalue weighted by molar-refractivity contribution is 7.99. The van der Waals surface area contributed by atoms with Gasteiger partial charge in [0, 0.05) is 34.5 Å². The molecule has 1 unspecified atom stereocenters. The average molecular weight is 706 g/mol. The number of carbonyl (C=O) groups is 3. The molecule has 13 nitrogen and oxygen atoms in total. The number of amides is 3. The number of hydrogen-bond acceptors (Lipinski definition) is 10. The van der Waals surface area contributed by atoms with E-state index in [0.717, 1.165) is 16.5 Å². The number of carbonyl (C=O) groups excluding carboxylic acids is 3. The Morgan fingerprint density at radius 3 is 2.20 bits per heavy atom. The Kier molecular flexibility index (Phi) is 12.7. The van der Waals surface area contributed by atoms with Crippen molar-refractivity contribution in [2.45, 2.75) is 29.2 Å². The second-order valence-corrected chi connectivity index (χ2v) is 13.7. The van der Waals surface area contributed by atoms with Crippen LogP contribution in [0.25, 0.3) is 0 Å². The van der Waals surface area contributed by atoms with E-state index in [-0.39, 0.29) is 22.9 Å². The van der Waals surface area contributed by atoms with Crippen molar-refractivity contribution >= 4 is 56.8 Å². The summed E-state index contributed by atoms with van der Waals surface area (Å²) in [6, 6.07) is 26.9. The van der Waals surface area contributed by atoms with Gasteiger partial charge in [-0.2, -0.15) is 0 Å². The highest BCUT2D eigenvalue weighted by Crippen LogP contribution is 2.28. The Bertz CT molecular complexity index is 1880. The molecule has 256 valence electrons. The topological polar surface area (TPSA) is 186 Å². The summed E-state index contributed by atoms with van der Waals surface area (Å²) in [7, 11) is -3.30. The molecule has 4 rings (SSSR count). The third-order valence-electron chi connectivity index (χ3n) is 7.26. The van der Waals surface area contributed by atoms with Crippen LogP contribution in [0.1, 0.15) is 22.8 Å². The van der Waals surface area contributed by atoms with Crippen molar-refractivity contribution < 1.29 is 32.5 Å². The summed E-state index contributed by atoms with van der Waals surface area (Å²) < 4.78 is 32.7. The number of benzene rings is 4. The molecule has 0 spiro atoms. The average Bonchev–Trinajstić information content (AvgIpc) is 3.09. The van der Waals surface area contributed by atoms with E-state index in [9.17, 15) is 32.9 Å². The number of nitrogens with one attached hydrogen (secondary N) is 4. The zero-order valence-corrected chi connectivity index (χ0v) is 28.3. The number of hydrogen-bond donors (Lipinski definition) is 4. The molecular formula is C34H35N5O8S2. The van der Waals surface area contributed by atoms with Crippen LogP contribution in [0.5, 0.6) is 0 Å². The van der Waals surface area contributed by atoms with Gasteiger partial charge in [-0.3, -0.25) is 19.7 Å². The van der Waals surface area contributed by atoms with E-state index in [0.29, 0.717) is 18.7 Å². The number of thioether (sulfide) groups is 1. The molecule has 0 heterocycles. The van der Waals surface area contributed by atoms with Gasteiger partial charge in [0.25, 0.3) is 21.6 Å². The first kappa shape index (κ1) is 36.4. The molecule has 3 amide bonds. The number of nitrogens with zero attached hydrogens (tertiary/aromatic N) is 1. The Hall–Kier alpha value is -5.41. The van der Waals surface area contributed by atoms with Crippen molar-refractivity contribution in [3.8, 4) is 0 Å². The molecule has 4 N–H and O–H groups in total. The maximum atomic E-state index is 13.2. The largest absolute Gasteiger partial charge is 0.453 e. The van der Waals surface area contributed by atoms with Crippen molar-refractivity contribution in [3.63, 3.8) is 0 Å². The molecule has 0 aliphatic heterocycles. The number of ether oxygens (including phenoxy) is 1. The molecule has 2 atom stereocenters. The van der Waals surface area contributed by atoms with Gasteiger partial charge in [0.1, 0.15) is 11.7 Å². The van der Waals surface area contributed by atoms with Crippen molar-refractivity contribution in [3.05, 3.63) is 124 Å². The Balaban J connectivity index is 1.38. The third kappa shape index (κ3) is 10.5. The lowest BCUT2D eigenvalue weighted by Gasteiger charge is -2.24. The summed E-state index contributed by atoms with van der Waals surface area (Å²) in [4.78, 5) is 49.7. The van der Waals surface area contributed by atoms with Gasteiger partial charge in [-0.1, -0.05) is 55.5 Å². The fraction of sp³-hybridized carbons (Fsp3) is 0.206. The van der Waals surface area contributed by atoms with E-state index >= 15 is 0 Å². The smallest absolute Gasteiger partial charge is 0.407 e. The molecule has 15 heteroatoms. The van der Waals surface area contributed by atoms with Crippen molar-refractivity contribution in [1.29, 1.82) is 0 Å². The molecule has 0 aliphatic rings. The summed E-state index contributed by atoms with van der Waals surface area (Å²) in [5, 5.41) is 20.0. The predicted octanol–water partition coefficient (Wildman–Crippen LogP) is 5.46. The van der Waals surface area contributed by atoms with Crippen LogP contribution >= 0.6 is 11.8 Å². The Morgan fingerprint density at radius 2 is 1.57 bits per heavy atom.